The van der Waals surface area contributed by atoms with E-state index in [2.05, 4.69) is 15.0 Å². The third kappa shape index (κ3) is 2.59. The van der Waals surface area contributed by atoms with E-state index in [0.717, 1.165) is 0 Å². The highest BCUT2D eigenvalue weighted by Crippen LogP contribution is 2.43. The van der Waals surface area contributed by atoms with Crippen molar-refractivity contribution in [3.05, 3.63) is 22.5 Å². The molecule has 0 aliphatic carbocycles. The summed E-state index contributed by atoms with van der Waals surface area (Å²) in [6.45, 7) is 3.64. The summed E-state index contributed by atoms with van der Waals surface area (Å²) in [5.41, 5.74) is 19.6. The monoisotopic (exact) mass is 323 g/mol. The van der Waals surface area contributed by atoms with Gasteiger partial charge in [-0.15, -0.1) is 0 Å². The lowest BCUT2D eigenvalue weighted by Crippen LogP contribution is -2.31. The van der Waals surface area contributed by atoms with Crippen molar-refractivity contribution in [3.8, 4) is 0 Å². The normalized spacial score (nSPS) is 31.6. The summed E-state index contributed by atoms with van der Waals surface area (Å²) < 4.78 is 19.0. The van der Waals surface area contributed by atoms with E-state index in [4.69, 9.17) is 31.2 Å². The number of hydrogen-bond donors (Lipinski definition) is 2. The quantitative estimate of drug-likeness (QED) is 0.459. The lowest BCUT2D eigenvalue weighted by molar-refractivity contribution is -0.195. The highest BCUT2D eigenvalue weighted by molar-refractivity contribution is 5.95. The molecule has 0 saturated carbocycles. The van der Waals surface area contributed by atoms with Crippen molar-refractivity contribution < 1.29 is 19.0 Å². The number of aromatic nitrogens is 2. The molecule has 0 aromatic carbocycles. The van der Waals surface area contributed by atoms with Crippen LogP contribution in [0.2, 0.25) is 0 Å². The number of fused-ring (bicyclic) bond motifs is 1. The molecule has 1 aromatic heterocycles. The summed E-state index contributed by atoms with van der Waals surface area (Å²) in [5, 5.41) is 3.54. The van der Waals surface area contributed by atoms with Gasteiger partial charge in [-0.2, -0.15) is 0 Å². The van der Waals surface area contributed by atoms with Crippen molar-refractivity contribution in [2.24, 2.45) is 10.8 Å². The Morgan fingerprint density at radius 2 is 2.22 bits per heavy atom. The second-order valence-corrected chi connectivity index (χ2v) is 5.79. The van der Waals surface area contributed by atoms with E-state index in [-0.39, 0.29) is 18.1 Å². The number of amides is 1. The van der Waals surface area contributed by atoms with Crippen LogP contribution >= 0.6 is 0 Å². The van der Waals surface area contributed by atoms with Gasteiger partial charge in [-0.05, 0) is 19.4 Å². The maximum Gasteiger partial charge on any atom is 0.271 e. The number of azide groups is 1. The van der Waals surface area contributed by atoms with Crippen LogP contribution in [0.1, 0.15) is 30.6 Å². The Kier molecular flexibility index (Phi) is 3.65. The Bertz CT molecular complexity index is 681. The lowest BCUT2D eigenvalue weighted by atomic mass is 10.1. The third-order valence-corrected chi connectivity index (χ3v) is 3.79. The van der Waals surface area contributed by atoms with Crippen molar-refractivity contribution in [2.75, 3.05) is 12.3 Å². The van der Waals surface area contributed by atoms with E-state index >= 15 is 0 Å². The maximum atomic E-state index is 11.3. The van der Waals surface area contributed by atoms with Crippen LogP contribution in [0.4, 0.5) is 5.82 Å². The molecule has 1 amide bonds. The Hall–Kier alpha value is -2.33. The molecule has 2 aliphatic heterocycles. The number of nitrogen functional groups attached to an aromatic ring is 1. The van der Waals surface area contributed by atoms with Crippen LogP contribution in [-0.4, -0.2) is 46.1 Å². The van der Waals surface area contributed by atoms with Crippen LogP contribution in [0.25, 0.3) is 10.4 Å². The van der Waals surface area contributed by atoms with E-state index in [1.54, 1.807) is 13.8 Å². The topological polar surface area (TPSA) is 163 Å². The molecule has 3 heterocycles. The highest BCUT2D eigenvalue weighted by Gasteiger charge is 2.55. The summed E-state index contributed by atoms with van der Waals surface area (Å²) in [4.78, 5) is 17.9. The Labute approximate surface area is 131 Å². The molecule has 2 fully saturated rings. The number of nitrogens with two attached hydrogens (primary N) is 2. The van der Waals surface area contributed by atoms with Gasteiger partial charge in [-0.1, -0.05) is 5.11 Å². The van der Waals surface area contributed by atoms with Crippen molar-refractivity contribution in [2.45, 2.75) is 44.2 Å². The number of carbonyl (C=O) groups excluding carboxylic acids is 1. The number of hydrogen-bond acceptors (Lipinski definition) is 7. The number of carbonyl (C=O) groups is 1. The van der Waals surface area contributed by atoms with E-state index in [1.165, 1.54) is 10.9 Å². The molecule has 23 heavy (non-hydrogen) atoms. The van der Waals surface area contributed by atoms with E-state index in [0.29, 0.717) is 0 Å². The lowest BCUT2D eigenvalue weighted by Gasteiger charge is -2.24. The second kappa shape index (κ2) is 5.39. The van der Waals surface area contributed by atoms with Gasteiger partial charge < -0.3 is 25.7 Å². The van der Waals surface area contributed by atoms with Crippen LogP contribution in [0, 0.1) is 0 Å². The predicted molar refractivity (Wildman–Crippen MR) is 76.9 cm³/mol. The first-order valence-electron chi connectivity index (χ1n) is 6.98. The average Bonchev–Trinajstić information content (AvgIpc) is 3.08. The molecular weight excluding hydrogens is 306 g/mol. The number of imidazole rings is 1. The molecule has 11 heteroatoms. The van der Waals surface area contributed by atoms with Crippen molar-refractivity contribution in [1.82, 2.24) is 9.55 Å². The van der Waals surface area contributed by atoms with Gasteiger partial charge in [-0.3, -0.25) is 9.36 Å². The molecule has 4 N–H and O–H groups in total. The molecule has 124 valence electrons. The van der Waals surface area contributed by atoms with Crippen molar-refractivity contribution in [1.29, 1.82) is 0 Å². The summed E-state index contributed by atoms with van der Waals surface area (Å²) >= 11 is 0. The van der Waals surface area contributed by atoms with Gasteiger partial charge in [0.05, 0.1) is 19.0 Å². The van der Waals surface area contributed by atoms with Crippen LogP contribution in [0.5, 0.6) is 0 Å². The number of anilines is 1. The molecule has 0 radical (unpaired) electrons. The van der Waals surface area contributed by atoms with Gasteiger partial charge in [0.1, 0.15) is 18.0 Å². The zero-order valence-corrected chi connectivity index (χ0v) is 12.6. The zero-order valence-electron chi connectivity index (χ0n) is 12.6. The van der Waals surface area contributed by atoms with Crippen molar-refractivity contribution >= 4 is 11.7 Å². The Balaban J connectivity index is 1.93. The summed E-state index contributed by atoms with van der Waals surface area (Å²) in [6, 6.07) is 0. The van der Waals surface area contributed by atoms with E-state index in [1.807, 2.05) is 0 Å². The highest BCUT2D eigenvalue weighted by atomic mass is 16.8. The number of rotatable bonds is 4. The summed E-state index contributed by atoms with van der Waals surface area (Å²) in [7, 11) is 0. The minimum atomic E-state index is -0.812. The fraction of sp³-hybridized carbons (Fsp3) is 0.667. The molecule has 11 nitrogen and oxygen atoms in total. The minimum absolute atomic E-state index is 0.0400. The van der Waals surface area contributed by atoms with Gasteiger partial charge in [-0.25, -0.2) is 4.98 Å². The molecule has 2 saturated heterocycles. The first-order chi connectivity index (χ1) is 10.8. The van der Waals surface area contributed by atoms with Crippen LogP contribution in [-0.2, 0) is 14.2 Å². The predicted octanol–water partition coefficient (Wildman–Crippen LogP) is 0.292. The standard InChI is InChI=1S/C12H17N7O4/c1-12(2)22-7-5(3-17-18-15)21-11(8(7)23-12)19-4-16-6(9(19)13)10(14)20/h4-5,7-8,11H,3,13H2,1-2H3,(H2,14,20)/t5-,7-,8-,11-/m1/s1. The Morgan fingerprint density at radius 3 is 2.83 bits per heavy atom. The van der Waals surface area contributed by atoms with Crippen LogP contribution in [0.15, 0.2) is 11.4 Å². The molecule has 0 bridgehead atoms. The molecule has 1 aromatic rings. The van der Waals surface area contributed by atoms with E-state index < -0.39 is 36.2 Å². The van der Waals surface area contributed by atoms with E-state index in [9.17, 15) is 4.79 Å². The Morgan fingerprint density at radius 1 is 1.52 bits per heavy atom. The molecule has 4 atom stereocenters. The number of nitrogens with zero attached hydrogens (tertiary/aromatic N) is 5. The third-order valence-electron chi connectivity index (χ3n) is 3.79. The summed E-state index contributed by atoms with van der Waals surface area (Å²) in [5.74, 6) is -1.46. The van der Waals surface area contributed by atoms with Crippen LogP contribution < -0.4 is 11.5 Å². The second-order valence-electron chi connectivity index (χ2n) is 5.79. The molecule has 3 rings (SSSR count). The largest absolute Gasteiger partial charge is 0.383 e. The first kappa shape index (κ1) is 15.6. The summed E-state index contributed by atoms with van der Waals surface area (Å²) in [6.07, 6.45) is -0.717. The average molecular weight is 323 g/mol. The van der Waals surface area contributed by atoms with Gasteiger partial charge in [0.15, 0.2) is 17.7 Å². The van der Waals surface area contributed by atoms with Gasteiger partial charge in [0.25, 0.3) is 5.91 Å². The smallest absolute Gasteiger partial charge is 0.271 e. The molecule has 0 spiro atoms. The minimum Gasteiger partial charge on any atom is -0.383 e. The van der Waals surface area contributed by atoms with Gasteiger partial charge in [0, 0.05) is 4.91 Å². The van der Waals surface area contributed by atoms with Crippen molar-refractivity contribution in [3.63, 3.8) is 0 Å². The fourth-order valence-electron chi connectivity index (χ4n) is 2.91. The number of ether oxygens (including phenoxy) is 3. The van der Waals surface area contributed by atoms with Gasteiger partial charge in [0.2, 0.25) is 0 Å². The molecular formula is C12H17N7O4. The number of primary amides is 1. The fourth-order valence-corrected chi connectivity index (χ4v) is 2.91. The molecule has 2 aliphatic rings. The SMILES string of the molecule is CC1(C)O[C@@H]2[C@H](O1)[C@@H](CN=[N+]=[N-])O[C@H]2n1cnc(C(N)=O)c1N. The van der Waals surface area contributed by atoms with Gasteiger partial charge >= 0.3 is 0 Å². The zero-order chi connectivity index (χ0) is 16.8. The first-order valence-corrected chi connectivity index (χ1v) is 6.98. The maximum absolute atomic E-state index is 11.3. The molecule has 0 unspecified atom stereocenters. The van der Waals surface area contributed by atoms with Crippen LogP contribution in [0.3, 0.4) is 0 Å².